The van der Waals surface area contributed by atoms with Crippen LogP contribution in [-0.4, -0.2) is 49.4 Å². The molecule has 10 heteroatoms. The molecule has 2 aliphatic heterocycles. The highest BCUT2D eigenvalue weighted by molar-refractivity contribution is 6.11. The Morgan fingerprint density at radius 1 is 1.31 bits per heavy atom. The smallest absolute Gasteiger partial charge is 0.406 e. The molecule has 1 unspecified atom stereocenters. The molecule has 1 aromatic rings. The number of hydrogen-bond acceptors (Lipinski definition) is 7. The fourth-order valence-corrected chi connectivity index (χ4v) is 6.25. The Morgan fingerprint density at radius 2 is 2.06 bits per heavy atom. The van der Waals surface area contributed by atoms with Crippen molar-refractivity contribution in [1.82, 2.24) is 4.90 Å². The van der Waals surface area contributed by atoms with Crippen molar-refractivity contribution in [2.24, 2.45) is 21.3 Å². The molecule has 1 fully saturated rings. The maximum absolute atomic E-state index is 12.7. The number of oxime groups is 1. The van der Waals surface area contributed by atoms with E-state index in [9.17, 15) is 13.2 Å². The van der Waals surface area contributed by atoms with Gasteiger partial charge in [-0.15, -0.1) is 13.2 Å². The van der Waals surface area contributed by atoms with Crippen LogP contribution in [0.5, 0.6) is 0 Å². The lowest BCUT2D eigenvalue weighted by Gasteiger charge is -2.46. The number of aliphatic imine (C=N–C) groups is 1. The van der Waals surface area contributed by atoms with Crippen molar-refractivity contribution in [2.45, 2.75) is 50.1 Å². The van der Waals surface area contributed by atoms with Crippen LogP contribution in [0.3, 0.4) is 0 Å². The molecule has 2 spiro atoms. The van der Waals surface area contributed by atoms with Crippen molar-refractivity contribution >= 4 is 17.4 Å². The summed E-state index contributed by atoms with van der Waals surface area (Å²) in [7, 11) is 1.74. The van der Waals surface area contributed by atoms with E-state index in [1.54, 1.807) is 7.11 Å². The van der Waals surface area contributed by atoms with Gasteiger partial charge in [-0.2, -0.15) is 0 Å². The van der Waals surface area contributed by atoms with Crippen LogP contribution in [0.4, 0.5) is 13.2 Å². The second kappa shape index (κ2) is 8.69. The minimum absolute atomic E-state index is 0.185. The summed E-state index contributed by atoms with van der Waals surface area (Å²) in [6.07, 6.45) is 2.33. The predicted octanol–water partition coefficient (Wildman–Crippen LogP) is 4.61. The number of methoxy groups -OCH3 is 1. The Kier molecular flexibility index (Phi) is 5.89. The average molecular weight is 503 g/mol. The molecule has 1 saturated carbocycles. The van der Waals surface area contributed by atoms with E-state index in [2.05, 4.69) is 23.1 Å². The van der Waals surface area contributed by atoms with E-state index in [-0.39, 0.29) is 11.5 Å². The van der Waals surface area contributed by atoms with Crippen molar-refractivity contribution < 1.29 is 27.5 Å². The number of guanidine groups is 1. The SMILES string of the molecule is C=CC(=CC(=C)OC(F)(F)F)c1ccc2c(c1)C1(N=C(N)N3CCON=C31)C1(CCC(OC)CC1)C2. The number of benzene rings is 1. The van der Waals surface area contributed by atoms with Gasteiger partial charge in [0.2, 0.25) is 0 Å². The Balaban J connectivity index is 1.63. The number of ether oxygens (including phenoxy) is 2. The van der Waals surface area contributed by atoms with E-state index >= 15 is 0 Å². The van der Waals surface area contributed by atoms with Gasteiger partial charge >= 0.3 is 6.36 Å². The van der Waals surface area contributed by atoms with Gasteiger partial charge in [0.1, 0.15) is 12.4 Å². The molecule has 7 nitrogen and oxygen atoms in total. The molecular formula is C26H29F3N4O3. The third-order valence-electron chi connectivity index (χ3n) is 7.83. The van der Waals surface area contributed by atoms with Gasteiger partial charge in [0, 0.05) is 12.5 Å². The number of nitrogens with two attached hydrogens (primary N) is 1. The highest BCUT2D eigenvalue weighted by Crippen LogP contribution is 2.62. The molecule has 0 bridgehead atoms. The van der Waals surface area contributed by atoms with E-state index < -0.39 is 17.7 Å². The van der Waals surface area contributed by atoms with Gasteiger partial charge in [0.15, 0.2) is 17.3 Å². The number of nitrogens with zero attached hydrogens (tertiary/aromatic N) is 3. The van der Waals surface area contributed by atoms with Crippen LogP contribution in [0.25, 0.3) is 5.57 Å². The molecule has 1 aromatic carbocycles. The van der Waals surface area contributed by atoms with Gasteiger partial charge in [0.25, 0.3) is 0 Å². The number of fused-ring (bicyclic) bond motifs is 5. The summed E-state index contributed by atoms with van der Waals surface area (Å²) in [4.78, 5) is 12.6. The zero-order chi connectivity index (χ0) is 25.7. The number of allylic oxidation sites excluding steroid dienone is 3. The largest absolute Gasteiger partial charge is 0.573 e. The first kappa shape index (κ1) is 24.4. The van der Waals surface area contributed by atoms with Crippen molar-refractivity contribution in [2.75, 3.05) is 20.3 Å². The van der Waals surface area contributed by atoms with Gasteiger partial charge in [0.05, 0.1) is 12.6 Å². The third kappa shape index (κ3) is 3.78. The van der Waals surface area contributed by atoms with Gasteiger partial charge in [-0.3, -0.25) is 4.90 Å². The molecule has 2 aliphatic carbocycles. The predicted molar refractivity (Wildman–Crippen MR) is 130 cm³/mol. The summed E-state index contributed by atoms with van der Waals surface area (Å²) in [6, 6.07) is 5.84. The fourth-order valence-electron chi connectivity index (χ4n) is 6.25. The number of hydrogen-bond donors (Lipinski definition) is 1. The van der Waals surface area contributed by atoms with Gasteiger partial charge < -0.3 is 20.0 Å². The first-order chi connectivity index (χ1) is 17.1. The second-order valence-corrected chi connectivity index (χ2v) is 9.66. The molecule has 0 saturated heterocycles. The standard InChI is InChI=1S/C26H29F3N4O3/c1-4-17(13-16(2)36-26(27,28)29)18-5-6-19-15-24(9-7-20(34-3)8-10-24)25(21(19)14-18)22-32-35-12-11-33(22)23(30)31-25/h4-6,13-14,20H,1-2,7-12,15H2,3H3,(H2,30,31). The quantitative estimate of drug-likeness (QED) is 0.470. The maximum Gasteiger partial charge on any atom is 0.573 e. The number of halogens is 3. The van der Waals surface area contributed by atoms with E-state index in [0.29, 0.717) is 36.1 Å². The van der Waals surface area contributed by atoms with Crippen LogP contribution >= 0.6 is 0 Å². The fraction of sp³-hybridized carbons (Fsp3) is 0.462. The molecule has 0 aromatic heterocycles. The van der Waals surface area contributed by atoms with Crippen LogP contribution in [0, 0.1) is 5.41 Å². The van der Waals surface area contributed by atoms with Crippen LogP contribution < -0.4 is 5.73 Å². The van der Waals surface area contributed by atoms with E-state index in [0.717, 1.165) is 43.2 Å². The van der Waals surface area contributed by atoms with Crippen molar-refractivity contribution in [1.29, 1.82) is 0 Å². The maximum atomic E-state index is 12.7. The number of alkyl halides is 3. The number of rotatable bonds is 5. The third-order valence-corrected chi connectivity index (χ3v) is 7.83. The minimum atomic E-state index is -4.83. The van der Waals surface area contributed by atoms with E-state index in [1.807, 2.05) is 23.1 Å². The highest BCUT2D eigenvalue weighted by Gasteiger charge is 2.66. The van der Waals surface area contributed by atoms with E-state index in [1.165, 1.54) is 12.2 Å². The van der Waals surface area contributed by atoms with E-state index in [4.69, 9.17) is 20.3 Å². The zero-order valence-corrected chi connectivity index (χ0v) is 20.1. The Morgan fingerprint density at radius 3 is 2.72 bits per heavy atom. The van der Waals surface area contributed by atoms with Gasteiger partial charge in [-0.25, -0.2) is 4.99 Å². The normalized spacial score (nSPS) is 29.4. The molecule has 0 radical (unpaired) electrons. The lowest BCUT2D eigenvalue weighted by molar-refractivity contribution is -0.303. The molecule has 1 atom stereocenters. The molecule has 2 N–H and O–H groups in total. The molecular weight excluding hydrogens is 473 g/mol. The molecule has 4 aliphatic rings. The average Bonchev–Trinajstić information content (AvgIpc) is 3.29. The van der Waals surface area contributed by atoms with Crippen LogP contribution in [0.2, 0.25) is 0 Å². The lowest BCUT2D eigenvalue weighted by Crippen LogP contribution is -2.54. The minimum Gasteiger partial charge on any atom is -0.406 e. The summed E-state index contributed by atoms with van der Waals surface area (Å²) in [5.41, 5.74) is 8.47. The Hall–Kier alpha value is -3.27. The second-order valence-electron chi connectivity index (χ2n) is 9.66. The van der Waals surface area contributed by atoms with Crippen LogP contribution in [-0.2, 0) is 26.3 Å². The monoisotopic (exact) mass is 502 g/mol. The first-order valence-electron chi connectivity index (χ1n) is 11.9. The van der Waals surface area contributed by atoms with Crippen LogP contribution in [0.1, 0.15) is 42.4 Å². The highest BCUT2D eigenvalue weighted by atomic mass is 19.4. The van der Waals surface area contributed by atoms with Crippen molar-refractivity contribution in [3.8, 4) is 0 Å². The Labute approximate surface area is 207 Å². The lowest BCUT2D eigenvalue weighted by atomic mass is 9.61. The summed E-state index contributed by atoms with van der Waals surface area (Å²) >= 11 is 0. The molecule has 0 amide bonds. The summed E-state index contributed by atoms with van der Waals surface area (Å²) in [5, 5.41) is 4.47. The summed E-state index contributed by atoms with van der Waals surface area (Å²) in [5.74, 6) is 0.545. The zero-order valence-electron chi connectivity index (χ0n) is 20.1. The summed E-state index contributed by atoms with van der Waals surface area (Å²) in [6.45, 7) is 8.13. The molecule has 5 rings (SSSR count). The molecule has 36 heavy (non-hydrogen) atoms. The Bertz CT molecular complexity index is 1180. The van der Waals surface area contributed by atoms with Gasteiger partial charge in [-0.1, -0.05) is 36.5 Å². The van der Waals surface area contributed by atoms with Crippen LogP contribution in [0.15, 0.2) is 59.4 Å². The van der Waals surface area contributed by atoms with Crippen molar-refractivity contribution in [3.63, 3.8) is 0 Å². The topological polar surface area (TPSA) is 81.7 Å². The molecule has 2 heterocycles. The first-order valence-corrected chi connectivity index (χ1v) is 11.9. The number of amidine groups is 1. The molecule has 192 valence electrons. The van der Waals surface area contributed by atoms with Gasteiger partial charge in [-0.05, 0) is 66.5 Å². The van der Waals surface area contributed by atoms with Crippen molar-refractivity contribution in [3.05, 3.63) is 66.0 Å². The summed E-state index contributed by atoms with van der Waals surface area (Å²) < 4.78 is 47.7.